The van der Waals surface area contributed by atoms with E-state index in [1.807, 2.05) is 0 Å². The van der Waals surface area contributed by atoms with Crippen molar-refractivity contribution in [1.29, 1.82) is 0 Å². The first-order chi connectivity index (χ1) is 13.6. The summed E-state index contributed by atoms with van der Waals surface area (Å²) in [6, 6.07) is 17.3. The van der Waals surface area contributed by atoms with Crippen LogP contribution in [0.1, 0.15) is 30.4 Å². The SMILES string of the molecule is COc1ccc(CCC[N+]2(CCCc3ccc(OC)cc3)CCC(N)C2)cc1.Cl.[Cl-]. The van der Waals surface area contributed by atoms with Crippen LogP contribution < -0.4 is 27.6 Å². The van der Waals surface area contributed by atoms with E-state index in [9.17, 15) is 0 Å². The number of halogens is 2. The maximum atomic E-state index is 6.30. The van der Waals surface area contributed by atoms with Crippen LogP contribution >= 0.6 is 12.4 Å². The Hall–Kier alpha value is -1.46. The second kappa shape index (κ2) is 13.1. The summed E-state index contributed by atoms with van der Waals surface area (Å²) in [6.45, 7) is 4.81. The van der Waals surface area contributed by atoms with E-state index in [2.05, 4.69) is 48.5 Å². The highest BCUT2D eigenvalue weighted by Gasteiger charge is 2.35. The molecule has 0 aromatic heterocycles. The van der Waals surface area contributed by atoms with Gasteiger partial charge in [0.15, 0.2) is 0 Å². The summed E-state index contributed by atoms with van der Waals surface area (Å²) < 4.78 is 11.7. The Balaban J connectivity index is 0.00000225. The molecule has 1 fully saturated rings. The first kappa shape index (κ1) is 26.6. The molecule has 0 saturated carbocycles. The first-order valence-electron chi connectivity index (χ1n) is 10.5. The molecular weight excluding hydrogens is 419 g/mol. The lowest BCUT2D eigenvalue weighted by Gasteiger charge is -2.35. The van der Waals surface area contributed by atoms with Crippen molar-refractivity contribution >= 4 is 12.4 Å². The Morgan fingerprint density at radius 1 is 0.833 bits per heavy atom. The Morgan fingerprint density at radius 2 is 1.27 bits per heavy atom. The van der Waals surface area contributed by atoms with Crippen LogP contribution in [0.25, 0.3) is 0 Å². The first-order valence-corrected chi connectivity index (χ1v) is 10.5. The van der Waals surface area contributed by atoms with E-state index in [1.165, 1.54) is 48.1 Å². The Bertz CT molecular complexity index is 669. The third-order valence-corrected chi connectivity index (χ3v) is 6.11. The monoisotopic (exact) mass is 454 g/mol. The van der Waals surface area contributed by atoms with Crippen molar-refractivity contribution in [2.75, 3.05) is 40.4 Å². The quantitative estimate of drug-likeness (QED) is 0.549. The molecule has 2 aromatic carbocycles. The summed E-state index contributed by atoms with van der Waals surface area (Å²) in [5.74, 6) is 1.85. The molecule has 1 unspecified atom stereocenters. The van der Waals surface area contributed by atoms with E-state index < -0.39 is 0 Å². The lowest BCUT2D eigenvalue weighted by Crippen LogP contribution is -3.00. The number of hydrogen-bond donors (Lipinski definition) is 1. The van der Waals surface area contributed by atoms with Crippen LogP contribution in [0.4, 0.5) is 0 Å². The Kier molecular flexibility index (Phi) is 11.6. The van der Waals surface area contributed by atoms with Gasteiger partial charge in [-0.15, -0.1) is 12.4 Å². The Labute approximate surface area is 194 Å². The Morgan fingerprint density at radius 3 is 1.60 bits per heavy atom. The van der Waals surface area contributed by atoms with Gasteiger partial charge in [-0.1, -0.05) is 24.3 Å². The zero-order chi connectivity index (χ0) is 19.8. The zero-order valence-electron chi connectivity index (χ0n) is 18.2. The summed E-state index contributed by atoms with van der Waals surface area (Å²) in [5.41, 5.74) is 9.08. The molecule has 168 valence electrons. The van der Waals surface area contributed by atoms with Crippen LogP contribution in [-0.2, 0) is 12.8 Å². The summed E-state index contributed by atoms with van der Waals surface area (Å²) >= 11 is 0. The number of hydrogen-bond acceptors (Lipinski definition) is 3. The molecule has 0 spiro atoms. The van der Waals surface area contributed by atoms with E-state index in [-0.39, 0.29) is 24.8 Å². The van der Waals surface area contributed by atoms with Gasteiger partial charge in [-0.05, 0) is 48.2 Å². The second-order valence-corrected chi connectivity index (χ2v) is 8.15. The van der Waals surface area contributed by atoms with Crippen LogP contribution in [-0.4, -0.2) is 50.9 Å². The van der Waals surface area contributed by atoms with Gasteiger partial charge in [0.2, 0.25) is 0 Å². The molecule has 0 radical (unpaired) electrons. The molecule has 0 bridgehead atoms. The minimum atomic E-state index is 0. The van der Waals surface area contributed by atoms with Gasteiger partial charge < -0.3 is 32.1 Å². The molecule has 4 nitrogen and oxygen atoms in total. The fourth-order valence-electron chi connectivity index (χ4n) is 4.46. The van der Waals surface area contributed by atoms with E-state index in [0.29, 0.717) is 6.04 Å². The number of likely N-dealkylation sites (tertiary alicyclic amines) is 1. The van der Waals surface area contributed by atoms with Gasteiger partial charge in [0.1, 0.15) is 11.5 Å². The minimum Gasteiger partial charge on any atom is -1.00 e. The molecule has 3 rings (SSSR count). The average Bonchev–Trinajstić information content (AvgIpc) is 3.10. The van der Waals surface area contributed by atoms with E-state index >= 15 is 0 Å². The van der Waals surface area contributed by atoms with Gasteiger partial charge in [-0.2, -0.15) is 0 Å². The molecule has 1 atom stereocenters. The van der Waals surface area contributed by atoms with Gasteiger partial charge in [-0.3, -0.25) is 0 Å². The van der Waals surface area contributed by atoms with Crippen LogP contribution in [0.3, 0.4) is 0 Å². The molecule has 2 aromatic rings. The predicted octanol–water partition coefficient (Wildman–Crippen LogP) is 1.24. The number of aryl methyl sites for hydroxylation is 2. The molecule has 0 amide bonds. The number of methoxy groups -OCH3 is 2. The fourth-order valence-corrected chi connectivity index (χ4v) is 4.46. The minimum absolute atomic E-state index is 0. The maximum Gasteiger partial charge on any atom is 0.118 e. The van der Waals surface area contributed by atoms with Crippen LogP contribution in [0, 0.1) is 0 Å². The van der Waals surface area contributed by atoms with Gasteiger partial charge in [0.25, 0.3) is 0 Å². The van der Waals surface area contributed by atoms with E-state index in [1.54, 1.807) is 14.2 Å². The smallest absolute Gasteiger partial charge is 0.118 e. The summed E-state index contributed by atoms with van der Waals surface area (Å²) in [5, 5.41) is 0. The number of ether oxygens (including phenoxy) is 2. The number of benzene rings is 2. The van der Waals surface area contributed by atoms with Gasteiger partial charge in [0, 0.05) is 19.3 Å². The molecule has 2 N–H and O–H groups in total. The highest BCUT2D eigenvalue weighted by atomic mass is 35.5. The molecule has 1 aliphatic heterocycles. The fraction of sp³-hybridized carbons (Fsp3) is 0.500. The molecule has 0 aliphatic carbocycles. The number of rotatable bonds is 10. The number of quaternary nitrogens is 1. The van der Waals surface area contributed by atoms with Crippen LogP contribution in [0.15, 0.2) is 48.5 Å². The van der Waals surface area contributed by atoms with Crippen LogP contribution in [0.2, 0.25) is 0 Å². The summed E-state index contributed by atoms with van der Waals surface area (Å²) in [6.07, 6.45) is 5.82. The molecule has 1 heterocycles. The van der Waals surface area contributed by atoms with Crippen LogP contribution in [0.5, 0.6) is 11.5 Å². The number of nitrogens with two attached hydrogens (primary N) is 1. The third kappa shape index (κ3) is 7.66. The lowest BCUT2D eigenvalue weighted by atomic mass is 10.1. The zero-order valence-corrected chi connectivity index (χ0v) is 19.8. The molecule has 6 heteroatoms. The van der Waals surface area contributed by atoms with Crippen molar-refractivity contribution in [2.24, 2.45) is 5.73 Å². The maximum absolute atomic E-state index is 6.30. The largest absolute Gasteiger partial charge is 1.00 e. The second-order valence-electron chi connectivity index (χ2n) is 8.15. The lowest BCUT2D eigenvalue weighted by molar-refractivity contribution is -0.917. The highest BCUT2D eigenvalue weighted by Crippen LogP contribution is 2.23. The predicted molar refractivity (Wildman–Crippen MR) is 122 cm³/mol. The molecule has 1 aliphatic rings. The topological polar surface area (TPSA) is 44.5 Å². The van der Waals surface area contributed by atoms with E-state index in [4.69, 9.17) is 15.2 Å². The van der Waals surface area contributed by atoms with Gasteiger partial charge in [-0.25, -0.2) is 0 Å². The van der Waals surface area contributed by atoms with Gasteiger partial charge in [0.05, 0.1) is 46.4 Å². The van der Waals surface area contributed by atoms with Gasteiger partial charge >= 0.3 is 0 Å². The third-order valence-electron chi connectivity index (χ3n) is 6.11. The van der Waals surface area contributed by atoms with Crippen molar-refractivity contribution in [3.05, 3.63) is 59.7 Å². The van der Waals surface area contributed by atoms with Crippen molar-refractivity contribution < 1.29 is 26.4 Å². The standard InChI is InChI=1S/C24H35N2O2.2ClH/c1-27-23-11-7-20(8-12-23)5-3-16-26(18-15-22(25)19-26)17-4-6-21-9-13-24(28-2)14-10-21;;/h7-14,22H,3-6,15-19,25H2,1-2H3;2*1H/q+1;;/p-1. The highest BCUT2D eigenvalue weighted by molar-refractivity contribution is 5.85. The summed E-state index contributed by atoms with van der Waals surface area (Å²) in [7, 11) is 3.43. The van der Waals surface area contributed by atoms with E-state index in [0.717, 1.165) is 37.3 Å². The van der Waals surface area contributed by atoms with Crippen molar-refractivity contribution in [1.82, 2.24) is 0 Å². The molecule has 1 saturated heterocycles. The summed E-state index contributed by atoms with van der Waals surface area (Å²) in [4.78, 5) is 0. The normalized spacial score (nSPS) is 17.0. The molecule has 30 heavy (non-hydrogen) atoms. The van der Waals surface area contributed by atoms with Crippen molar-refractivity contribution in [2.45, 2.75) is 38.1 Å². The van der Waals surface area contributed by atoms with Crippen molar-refractivity contribution in [3.63, 3.8) is 0 Å². The van der Waals surface area contributed by atoms with Crippen molar-refractivity contribution in [3.8, 4) is 11.5 Å². The molecular formula is C24H36Cl2N2O2. The average molecular weight is 455 g/mol. The number of nitrogens with zero attached hydrogens (tertiary/aromatic N) is 1.